The van der Waals surface area contributed by atoms with Crippen LogP contribution in [0.25, 0.3) is 0 Å². The SMILES string of the molecule is Cc1cc[nH+]c(I)c1.[I-]. The van der Waals surface area contributed by atoms with Gasteiger partial charge in [-0.05, 0) is 12.5 Å². The molecule has 0 radical (unpaired) electrons. The number of H-pyrrole nitrogens is 1. The lowest BCUT2D eigenvalue weighted by atomic mass is 10.3. The Labute approximate surface area is 85.4 Å². The van der Waals surface area contributed by atoms with Gasteiger partial charge in [-0.1, -0.05) is 0 Å². The molecule has 1 rings (SSSR count). The van der Waals surface area contributed by atoms with Gasteiger partial charge in [-0.15, -0.1) is 0 Å². The summed E-state index contributed by atoms with van der Waals surface area (Å²) in [5.74, 6) is 0. The minimum atomic E-state index is 0. The standard InChI is InChI=1S/C6H6IN.HI/c1-5-2-3-8-6(7)4-5;/h2-4H,1H3;1H. The molecule has 0 saturated carbocycles. The Morgan fingerprint density at radius 2 is 2.22 bits per heavy atom. The first-order chi connectivity index (χ1) is 3.79. The van der Waals surface area contributed by atoms with E-state index >= 15 is 0 Å². The molecular weight excluding hydrogens is 340 g/mol. The largest absolute Gasteiger partial charge is 1.00 e. The molecule has 9 heavy (non-hydrogen) atoms. The maximum Gasteiger partial charge on any atom is 0.239 e. The fourth-order valence-electron chi connectivity index (χ4n) is 0.542. The number of rotatable bonds is 0. The lowest BCUT2D eigenvalue weighted by Crippen LogP contribution is -3.00. The molecule has 1 aromatic heterocycles. The number of halogens is 2. The Bertz CT molecular complexity index is 171. The van der Waals surface area contributed by atoms with Crippen LogP contribution in [0.1, 0.15) is 5.56 Å². The van der Waals surface area contributed by atoms with Crippen molar-refractivity contribution in [3.05, 3.63) is 27.6 Å². The molecule has 1 aromatic rings. The summed E-state index contributed by atoms with van der Waals surface area (Å²) in [6, 6.07) is 4.14. The van der Waals surface area contributed by atoms with Crippen LogP contribution in [0, 0.1) is 10.6 Å². The third kappa shape index (κ3) is 3.34. The van der Waals surface area contributed by atoms with E-state index in [1.54, 1.807) is 0 Å². The normalized spacial score (nSPS) is 8.22. The second kappa shape index (κ2) is 4.43. The average molecular weight is 347 g/mol. The van der Waals surface area contributed by atoms with Crippen LogP contribution in [0.3, 0.4) is 0 Å². The van der Waals surface area contributed by atoms with Gasteiger partial charge in [0, 0.05) is 34.7 Å². The van der Waals surface area contributed by atoms with Gasteiger partial charge in [-0.25, -0.2) is 4.98 Å². The zero-order chi connectivity index (χ0) is 5.98. The summed E-state index contributed by atoms with van der Waals surface area (Å²) in [5.41, 5.74) is 1.30. The van der Waals surface area contributed by atoms with E-state index in [0.717, 1.165) is 0 Å². The van der Waals surface area contributed by atoms with Crippen molar-refractivity contribution in [2.24, 2.45) is 0 Å². The van der Waals surface area contributed by atoms with Crippen LogP contribution in [-0.4, -0.2) is 0 Å². The van der Waals surface area contributed by atoms with Crippen LogP contribution >= 0.6 is 22.6 Å². The van der Waals surface area contributed by atoms with Crippen molar-refractivity contribution in [3.8, 4) is 0 Å². The van der Waals surface area contributed by atoms with Crippen molar-refractivity contribution in [1.29, 1.82) is 0 Å². The first-order valence-electron chi connectivity index (χ1n) is 2.43. The minimum Gasteiger partial charge on any atom is -1.00 e. The molecule has 0 aliphatic rings. The molecule has 0 spiro atoms. The highest BCUT2D eigenvalue weighted by atomic mass is 127. The van der Waals surface area contributed by atoms with Crippen LogP contribution < -0.4 is 29.0 Å². The molecule has 3 heteroatoms. The first kappa shape index (κ1) is 9.61. The Kier molecular flexibility index (Phi) is 4.73. The smallest absolute Gasteiger partial charge is 0.239 e. The van der Waals surface area contributed by atoms with E-state index < -0.39 is 0 Å². The van der Waals surface area contributed by atoms with E-state index in [1.807, 2.05) is 12.3 Å². The van der Waals surface area contributed by atoms with Crippen LogP contribution in [0.2, 0.25) is 0 Å². The maximum absolute atomic E-state index is 3.06. The first-order valence-corrected chi connectivity index (χ1v) is 3.51. The van der Waals surface area contributed by atoms with E-state index in [-0.39, 0.29) is 24.0 Å². The van der Waals surface area contributed by atoms with Crippen molar-refractivity contribution >= 4 is 22.6 Å². The summed E-state index contributed by atoms with van der Waals surface area (Å²) < 4.78 is 1.18. The van der Waals surface area contributed by atoms with Gasteiger partial charge in [-0.3, -0.25) is 0 Å². The van der Waals surface area contributed by atoms with Gasteiger partial charge in [0.25, 0.3) is 0 Å². The molecule has 0 amide bonds. The number of pyridine rings is 1. The molecule has 50 valence electrons. The lowest BCUT2D eigenvalue weighted by Gasteiger charge is -1.82. The topological polar surface area (TPSA) is 14.1 Å². The third-order valence-electron chi connectivity index (χ3n) is 0.922. The molecule has 1 heterocycles. The number of nitrogens with one attached hydrogen (secondary N) is 1. The number of aryl methyl sites for hydroxylation is 1. The summed E-state index contributed by atoms with van der Waals surface area (Å²) in [7, 11) is 0. The molecule has 1 nitrogen and oxygen atoms in total. The second-order valence-electron chi connectivity index (χ2n) is 1.71. The van der Waals surface area contributed by atoms with Crippen molar-refractivity contribution < 1.29 is 29.0 Å². The Hall–Kier alpha value is 0.610. The van der Waals surface area contributed by atoms with Gasteiger partial charge in [0.05, 0.1) is 0 Å². The Morgan fingerprint density at radius 1 is 1.56 bits per heavy atom. The molecule has 1 N–H and O–H groups in total. The van der Waals surface area contributed by atoms with E-state index in [1.165, 1.54) is 9.26 Å². The molecular formula is C6H7I2N. The van der Waals surface area contributed by atoms with Crippen molar-refractivity contribution in [2.45, 2.75) is 6.92 Å². The van der Waals surface area contributed by atoms with Crippen LogP contribution in [-0.2, 0) is 0 Å². The summed E-state index contributed by atoms with van der Waals surface area (Å²) in [5, 5.41) is 0. The zero-order valence-electron chi connectivity index (χ0n) is 4.99. The fourth-order valence-corrected chi connectivity index (χ4v) is 1.21. The monoisotopic (exact) mass is 347 g/mol. The molecule has 0 atom stereocenters. The molecule has 0 bridgehead atoms. The summed E-state index contributed by atoms with van der Waals surface area (Å²) >= 11 is 2.25. The number of hydrogen-bond acceptors (Lipinski definition) is 0. The maximum atomic E-state index is 3.06. The summed E-state index contributed by atoms with van der Waals surface area (Å²) in [6.07, 6.45) is 1.94. The van der Waals surface area contributed by atoms with Gasteiger partial charge in [0.15, 0.2) is 6.20 Å². The Morgan fingerprint density at radius 3 is 2.56 bits per heavy atom. The Balaban J connectivity index is 0.000000640. The zero-order valence-corrected chi connectivity index (χ0v) is 9.30. The predicted molar refractivity (Wildman–Crippen MR) is 40.5 cm³/mol. The van der Waals surface area contributed by atoms with Gasteiger partial charge in [0.1, 0.15) is 0 Å². The molecule has 0 aromatic carbocycles. The van der Waals surface area contributed by atoms with Gasteiger partial charge in [0.2, 0.25) is 3.70 Å². The van der Waals surface area contributed by atoms with Crippen LogP contribution in [0.4, 0.5) is 0 Å². The summed E-state index contributed by atoms with van der Waals surface area (Å²) in [6.45, 7) is 2.08. The molecule has 0 saturated heterocycles. The molecule has 0 aliphatic heterocycles. The fraction of sp³-hybridized carbons (Fsp3) is 0.167. The van der Waals surface area contributed by atoms with Crippen molar-refractivity contribution in [2.75, 3.05) is 0 Å². The minimum absolute atomic E-state index is 0. The van der Waals surface area contributed by atoms with Crippen LogP contribution in [0.15, 0.2) is 18.3 Å². The molecule has 0 aliphatic carbocycles. The van der Waals surface area contributed by atoms with E-state index in [2.05, 4.69) is 40.6 Å². The van der Waals surface area contributed by atoms with Gasteiger partial charge < -0.3 is 24.0 Å². The van der Waals surface area contributed by atoms with E-state index in [4.69, 9.17) is 0 Å². The number of aromatic nitrogens is 1. The van der Waals surface area contributed by atoms with Gasteiger partial charge >= 0.3 is 0 Å². The van der Waals surface area contributed by atoms with Crippen LogP contribution in [0.5, 0.6) is 0 Å². The highest BCUT2D eigenvalue weighted by Gasteiger charge is 1.90. The number of hydrogen-bond donors (Lipinski definition) is 0. The molecule has 0 fully saturated rings. The van der Waals surface area contributed by atoms with Crippen molar-refractivity contribution in [3.63, 3.8) is 0 Å². The summed E-state index contributed by atoms with van der Waals surface area (Å²) in [4.78, 5) is 3.06. The second-order valence-corrected chi connectivity index (χ2v) is 2.88. The van der Waals surface area contributed by atoms with Crippen molar-refractivity contribution in [1.82, 2.24) is 0 Å². The molecule has 0 unspecified atom stereocenters. The quantitative estimate of drug-likeness (QED) is 0.398. The highest BCUT2D eigenvalue weighted by Crippen LogP contribution is 1.97. The number of aromatic amines is 1. The van der Waals surface area contributed by atoms with Gasteiger partial charge in [-0.2, -0.15) is 0 Å². The third-order valence-corrected chi connectivity index (χ3v) is 1.54. The average Bonchev–Trinajstić information content (AvgIpc) is 1.64. The lowest BCUT2D eigenvalue weighted by molar-refractivity contribution is -0.394. The predicted octanol–water partition coefficient (Wildman–Crippen LogP) is -1.58. The van der Waals surface area contributed by atoms with E-state index in [9.17, 15) is 0 Å². The van der Waals surface area contributed by atoms with E-state index in [0.29, 0.717) is 0 Å². The highest BCUT2D eigenvalue weighted by molar-refractivity contribution is 14.1.